The Kier molecular flexibility index (Phi) is 4.84. The number of hydrogen-bond acceptors (Lipinski definition) is 6. The number of nitrogens with zero attached hydrogens (tertiary/aromatic N) is 3. The number of rotatable bonds is 5. The van der Waals surface area contributed by atoms with E-state index in [1.807, 2.05) is 4.90 Å². The number of nitrogens with one attached hydrogen (secondary N) is 1. The second kappa shape index (κ2) is 6.40. The summed E-state index contributed by atoms with van der Waals surface area (Å²) in [6, 6.07) is 0. The van der Waals surface area contributed by atoms with Gasteiger partial charge in [0, 0.05) is 19.5 Å². The van der Waals surface area contributed by atoms with Gasteiger partial charge in [0.2, 0.25) is 11.0 Å². The van der Waals surface area contributed by atoms with Crippen LogP contribution in [0.15, 0.2) is 0 Å². The van der Waals surface area contributed by atoms with E-state index >= 15 is 0 Å². The summed E-state index contributed by atoms with van der Waals surface area (Å²) in [6.07, 6.45) is 1.32. The molecule has 6 nitrogen and oxygen atoms in total. The Morgan fingerprint density at radius 3 is 3.00 bits per heavy atom. The monoisotopic (exact) mass is 284 g/mol. The first-order valence-electron chi connectivity index (χ1n) is 6.55. The smallest absolute Gasteiger partial charge is 0.240 e. The summed E-state index contributed by atoms with van der Waals surface area (Å²) in [5, 5.41) is 21.7. The van der Waals surface area contributed by atoms with Crippen molar-refractivity contribution < 1.29 is 9.90 Å². The van der Waals surface area contributed by atoms with Gasteiger partial charge in [0.1, 0.15) is 5.01 Å². The Hall–Kier alpha value is -1.05. The van der Waals surface area contributed by atoms with Crippen LogP contribution in [0.2, 0.25) is 0 Å². The number of anilines is 1. The summed E-state index contributed by atoms with van der Waals surface area (Å²) in [6.45, 7) is 5.89. The predicted octanol–water partition coefficient (Wildman–Crippen LogP) is 0.742. The summed E-state index contributed by atoms with van der Waals surface area (Å²) >= 11 is 1.43. The molecule has 1 aliphatic heterocycles. The van der Waals surface area contributed by atoms with Gasteiger partial charge in [0.05, 0.1) is 12.6 Å². The third-order valence-corrected chi connectivity index (χ3v) is 3.77. The zero-order valence-corrected chi connectivity index (χ0v) is 12.1. The van der Waals surface area contributed by atoms with Crippen molar-refractivity contribution in [2.24, 2.45) is 5.92 Å². The molecule has 2 N–H and O–H groups in total. The molecular weight excluding hydrogens is 264 g/mol. The van der Waals surface area contributed by atoms with Crippen molar-refractivity contribution in [2.45, 2.75) is 32.8 Å². The summed E-state index contributed by atoms with van der Waals surface area (Å²) in [7, 11) is 0. The van der Waals surface area contributed by atoms with Crippen LogP contribution in [-0.2, 0) is 11.2 Å². The van der Waals surface area contributed by atoms with Crippen LogP contribution in [0.4, 0.5) is 5.13 Å². The van der Waals surface area contributed by atoms with Crippen molar-refractivity contribution in [3.8, 4) is 0 Å². The molecule has 0 aromatic carbocycles. The molecule has 0 saturated carbocycles. The third-order valence-electron chi connectivity index (χ3n) is 2.91. The fraction of sp³-hybridized carbons (Fsp3) is 0.750. The molecular formula is C12H20N4O2S. The average Bonchev–Trinajstić information content (AvgIpc) is 2.88. The Bertz CT molecular complexity index is 435. The lowest BCUT2D eigenvalue weighted by Crippen LogP contribution is -2.32. The van der Waals surface area contributed by atoms with Gasteiger partial charge in [-0.2, -0.15) is 0 Å². The second-order valence-electron chi connectivity index (χ2n) is 5.32. The average molecular weight is 284 g/mol. The Morgan fingerprint density at radius 1 is 1.58 bits per heavy atom. The highest BCUT2D eigenvalue weighted by atomic mass is 32.1. The van der Waals surface area contributed by atoms with Gasteiger partial charge < -0.3 is 5.11 Å². The molecule has 1 atom stereocenters. The number of β-amino-alcohol motifs (C(OH)–C–C–N with tert-alkyl or cyclic N) is 1. The molecule has 1 amide bonds. The Morgan fingerprint density at radius 2 is 2.37 bits per heavy atom. The summed E-state index contributed by atoms with van der Waals surface area (Å²) in [5.41, 5.74) is 0. The number of carbonyl (C=O) groups is 1. The lowest BCUT2D eigenvalue weighted by Gasteiger charge is -2.13. The lowest BCUT2D eigenvalue weighted by atomic mass is 10.1. The maximum atomic E-state index is 11.8. The van der Waals surface area contributed by atoms with E-state index in [4.69, 9.17) is 0 Å². The third kappa shape index (κ3) is 4.52. The van der Waals surface area contributed by atoms with Crippen LogP contribution in [-0.4, -0.2) is 51.8 Å². The molecule has 2 rings (SSSR count). The van der Waals surface area contributed by atoms with Crippen molar-refractivity contribution in [3.05, 3.63) is 5.01 Å². The SMILES string of the molecule is CC(C)Cc1nnc(NC(=O)CN2CCC(O)C2)s1. The fourth-order valence-corrected chi connectivity index (χ4v) is 3.02. The quantitative estimate of drug-likeness (QED) is 0.834. The number of amides is 1. The van der Waals surface area contributed by atoms with Crippen molar-refractivity contribution >= 4 is 22.4 Å². The van der Waals surface area contributed by atoms with Crippen molar-refractivity contribution in [1.82, 2.24) is 15.1 Å². The minimum absolute atomic E-state index is 0.0960. The van der Waals surface area contributed by atoms with E-state index in [2.05, 4.69) is 29.4 Å². The molecule has 1 aromatic rings. The standard InChI is InChI=1S/C12H20N4O2S/c1-8(2)5-11-14-15-12(19-11)13-10(18)7-16-4-3-9(17)6-16/h8-9,17H,3-7H2,1-2H3,(H,13,15,18). The summed E-state index contributed by atoms with van der Waals surface area (Å²) in [4.78, 5) is 13.8. The molecule has 1 aromatic heterocycles. The van der Waals surface area contributed by atoms with Gasteiger partial charge in [-0.25, -0.2) is 0 Å². The molecule has 0 radical (unpaired) electrons. The molecule has 1 unspecified atom stereocenters. The predicted molar refractivity (Wildman–Crippen MR) is 74.1 cm³/mol. The molecule has 1 aliphatic rings. The van der Waals surface area contributed by atoms with Gasteiger partial charge in [0.25, 0.3) is 0 Å². The van der Waals surface area contributed by atoms with E-state index in [0.29, 0.717) is 24.1 Å². The van der Waals surface area contributed by atoms with Crippen LogP contribution in [0.1, 0.15) is 25.3 Å². The molecule has 0 bridgehead atoms. The molecule has 106 valence electrons. The number of carbonyl (C=O) groups excluding carboxylic acids is 1. The Balaban J connectivity index is 1.80. The zero-order chi connectivity index (χ0) is 13.8. The first kappa shape index (κ1) is 14.4. The van der Waals surface area contributed by atoms with Crippen LogP contribution in [0.25, 0.3) is 0 Å². The van der Waals surface area contributed by atoms with E-state index in [-0.39, 0.29) is 12.0 Å². The van der Waals surface area contributed by atoms with E-state index in [1.165, 1.54) is 11.3 Å². The highest BCUT2D eigenvalue weighted by Gasteiger charge is 2.22. The number of hydrogen-bond donors (Lipinski definition) is 2. The van der Waals surface area contributed by atoms with E-state index in [1.54, 1.807) is 0 Å². The topological polar surface area (TPSA) is 78.4 Å². The van der Waals surface area contributed by atoms with E-state index in [0.717, 1.165) is 24.4 Å². The minimum Gasteiger partial charge on any atom is -0.392 e. The van der Waals surface area contributed by atoms with Crippen LogP contribution in [0.5, 0.6) is 0 Å². The number of aliphatic hydroxyl groups excluding tert-OH is 1. The first-order valence-corrected chi connectivity index (χ1v) is 7.37. The van der Waals surface area contributed by atoms with E-state index < -0.39 is 0 Å². The fourth-order valence-electron chi connectivity index (χ4n) is 2.05. The van der Waals surface area contributed by atoms with Crippen LogP contribution >= 0.6 is 11.3 Å². The van der Waals surface area contributed by atoms with Gasteiger partial charge in [0.15, 0.2) is 0 Å². The zero-order valence-electron chi connectivity index (χ0n) is 11.3. The maximum Gasteiger partial charge on any atom is 0.240 e. The lowest BCUT2D eigenvalue weighted by molar-refractivity contribution is -0.117. The van der Waals surface area contributed by atoms with Crippen molar-refractivity contribution in [1.29, 1.82) is 0 Å². The molecule has 1 saturated heterocycles. The van der Waals surface area contributed by atoms with Crippen LogP contribution in [0, 0.1) is 5.92 Å². The normalized spacial score (nSPS) is 20.1. The molecule has 0 aliphatic carbocycles. The number of aromatic nitrogens is 2. The van der Waals surface area contributed by atoms with Crippen LogP contribution in [0.3, 0.4) is 0 Å². The molecule has 1 fully saturated rings. The molecule has 7 heteroatoms. The van der Waals surface area contributed by atoms with Gasteiger partial charge in [-0.3, -0.25) is 15.0 Å². The highest BCUT2D eigenvalue weighted by molar-refractivity contribution is 7.15. The van der Waals surface area contributed by atoms with E-state index in [9.17, 15) is 9.90 Å². The minimum atomic E-state index is -0.299. The van der Waals surface area contributed by atoms with Crippen molar-refractivity contribution in [2.75, 3.05) is 25.0 Å². The number of aliphatic hydroxyl groups is 1. The van der Waals surface area contributed by atoms with Gasteiger partial charge in [-0.1, -0.05) is 25.2 Å². The molecule has 0 spiro atoms. The molecule has 19 heavy (non-hydrogen) atoms. The van der Waals surface area contributed by atoms with Crippen LogP contribution < -0.4 is 5.32 Å². The van der Waals surface area contributed by atoms with Gasteiger partial charge >= 0.3 is 0 Å². The molecule has 2 heterocycles. The van der Waals surface area contributed by atoms with Gasteiger partial charge in [-0.05, 0) is 12.3 Å². The largest absolute Gasteiger partial charge is 0.392 e. The summed E-state index contributed by atoms with van der Waals surface area (Å²) in [5.74, 6) is 0.434. The number of likely N-dealkylation sites (tertiary alicyclic amines) is 1. The second-order valence-corrected chi connectivity index (χ2v) is 6.39. The first-order chi connectivity index (χ1) is 9.02. The Labute approximate surface area is 116 Å². The highest BCUT2D eigenvalue weighted by Crippen LogP contribution is 2.18. The van der Waals surface area contributed by atoms with Crippen molar-refractivity contribution in [3.63, 3.8) is 0 Å². The maximum absolute atomic E-state index is 11.8. The van der Waals surface area contributed by atoms with Gasteiger partial charge in [-0.15, -0.1) is 10.2 Å². The summed E-state index contributed by atoms with van der Waals surface area (Å²) < 4.78 is 0.